The first-order valence-electron chi connectivity index (χ1n) is 8.36. The van der Waals surface area contributed by atoms with Gasteiger partial charge in [-0.2, -0.15) is 0 Å². The zero-order chi connectivity index (χ0) is 15.9. The smallest absolute Gasteiger partial charge is 0.209 e. The Morgan fingerprint density at radius 2 is 2.13 bits per heavy atom. The van der Waals surface area contributed by atoms with Crippen molar-refractivity contribution in [3.05, 3.63) is 36.0 Å². The summed E-state index contributed by atoms with van der Waals surface area (Å²) in [5.41, 5.74) is 1.32. The molecule has 4 rings (SSSR count). The van der Waals surface area contributed by atoms with Crippen molar-refractivity contribution in [2.75, 3.05) is 19.6 Å². The van der Waals surface area contributed by atoms with Crippen molar-refractivity contribution in [3.63, 3.8) is 0 Å². The fraction of sp³-hybridized carbons (Fsp3) is 0.500. The van der Waals surface area contributed by atoms with E-state index in [1.54, 1.807) is 4.90 Å². The van der Waals surface area contributed by atoms with Gasteiger partial charge in [-0.25, -0.2) is 4.39 Å². The molecule has 2 N–H and O–H groups in total. The second-order valence-corrected chi connectivity index (χ2v) is 6.91. The summed E-state index contributed by atoms with van der Waals surface area (Å²) in [7, 11) is 0. The number of piperidine rings is 1. The van der Waals surface area contributed by atoms with E-state index < -0.39 is 5.67 Å². The predicted octanol–water partition coefficient (Wildman–Crippen LogP) is 2.57. The number of amides is 1. The average molecular weight is 315 g/mol. The number of rotatable bonds is 5. The first-order valence-corrected chi connectivity index (χ1v) is 8.36. The number of para-hydroxylation sites is 1. The van der Waals surface area contributed by atoms with Crippen molar-refractivity contribution >= 4 is 17.3 Å². The summed E-state index contributed by atoms with van der Waals surface area (Å²) in [5.74, 6) is 0.477. The van der Waals surface area contributed by atoms with Crippen molar-refractivity contribution in [2.24, 2.45) is 0 Å². The third-order valence-electron chi connectivity index (χ3n) is 5.34. The summed E-state index contributed by atoms with van der Waals surface area (Å²) in [5, 5.41) is 4.68. The summed E-state index contributed by atoms with van der Waals surface area (Å²) in [6, 6.07) is 8.68. The number of alkyl halides is 1. The molecule has 4 nitrogen and oxygen atoms in total. The summed E-state index contributed by atoms with van der Waals surface area (Å²) in [6.07, 6.45) is 4.84. The number of nitrogens with one attached hydrogen (secondary N) is 2. The van der Waals surface area contributed by atoms with Crippen LogP contribution in [0, 0.1) is 0 Å². The van der Waals surface area contributed by atoms with E-state index in [-0.39, 0.29) is 0 Å². The number of benzene rings is 1. The van der Waals surface area contributed by atoms with E-state index in [1.165, 1.54) is 10.9 Å². The maximum absolute atomic E-state index is 14.8. The molecule has 2 aromatic rings. The van der Waals surface area contributed by atoms with Crippen LogP contribution in [-0.2, 0) is 4.79 Å². The molecule has 1 aliphatic carbocycles. The quantitative estimate of drug-likeness (QED) is 0.833. The molecular formula is C18H22FN3O. The van der Waals surface area contributed by atoms with E-state index in [0.717, 1.165) is 18.3 Å². The van der Waals surface area contributed by atoms with Gasteiger partial charge in [-0.15, -0.1) is 0 Å². The van der Waals surface area contributed by atoms with Crippen molar-refractivity contribution in [2.45, 2.75) is 36.9 Å². The minimum absolute atomic E-state index is 0.367. The van der Waals surface area contributed by atoms with Crippen LogP contribution < -0.4 is 5.32 Å². The van der Waals surface area contributed by atoms with Gasteiger partial charge in [-0.1, -0.05) is 18.2 Å². The predicted molar refractivity (Wildman–Crippen MR) is 88.2 cm³/mol. The highest BCUT2D eigenvalue weighted by Crippen LogP contribution is 2.44. The zero-order valence-electron chi connectivity index (χ0n) is 13.1. The number of carbonyl (C=O) groups excluding carboxylic acids is 1. The number of fused-ring (bicyclic) bond motifs is 1. The molecule has 2 heterocycles. The van der Waals surface area contributed by atoms with E-state index >= 15 is 0 Å². The third-order valence-corrected chi connectivity index (χ3v) is 5.34. The highest BCUT2D eigenvalue weighted by Gasteiger charge is 2.42. The first-order chi connectivity index (χ1) is 11.2. The minimum Gasteiger partial charge on any atom is -0.361 e. The van der Waals surface area contributed by atoms with Crippen molar-refractivity contribution in [1.82, 2.24) is 15.2 Å². The Labute approximate surface area is 135 Å². The Kier molecular flexibility index (Phi) is 3.60. The lowest BCUT2D eigenvalue weighted by Gasteiger charge is -2.34. The van der Waals surface area contributed by atoms with Gasteiger partial charge in [-0.05, 0) is 18.1 Å². The molecule has 122 valence electrons. The molecule has 1 aliphatic heterocycles. The number of aromatic nitrogens is 1. The van der Waals surface area contributed by atoms with Crippen LogP contribution in [0.3, 0.4) is 0 Å². The standard InChI is InChI=1S/C18H22FN3O/c19-18(5-7-22(12-23)8-6-18)11-21-17-9-14(17)15-10-20-16-4-2-1-3-13(15)16/h1-4,10,12,14,17,20-21H,5-9,11H2. The normalized spacial score (nSPS) is 26.4. The molecule has 2 fully saturated rings. The van der Waals surface area contributed by atoms with Crippen LogP contribution in [-0.4, -0.2) is 47.6 Å². The molecule has 1 saturated carbocycles. The number of likely N-dealkylation sites (tertiary alicyclic amines) is 1. The van der Waals surface area contributed by atoms with E-state index in [1.807, 2.05) is 6.07 Å². The molecule has 1 amide bonds. The van der Waals surface area contributed by atoms with Gasteiger partial charge in [0.25, 0.3) is 0 Å². The van der Waals surface area contributed by atoms with Gasteiger partial charge in [0.2, 0.25) is 6.41 Å². The molecule has 1 aromatic heterocycles. The fourth-order valence-electron chi connectivity index (χ4n) is 3.69. The van der Waals surface area contributed by atoms with Gasteiger partial charge in [0.15, 0.2) is 0 Å². The van der Waals surface area contributed by atoms with Gasteiger partial charge in [-0.3, -0.25) is 4.79 Å². The second kappa shape index (κ2) is 5.64. The minimum atomic E-state index is -1.17. The third kappa shape index (κ3) is 2.85. The Morgan fingerprint density at radius 1 is 1.35 bits per heavy atom. The molecule has 2 aliphatic rings. The number of halogens is 1. The van der Waals surface area contributed by atoms with Gasteiger partial charge < -0.3 is 15.2 Å². The van der Waals surface area contributed by atoms with Gasteiger partial charge in [0.05, 0.1) is 0 Å². The highest BCUT2D eigenvalue weighted by molar-refractivity contribution is 5.84. The number of hydrogen-bond acceptors (Lipinski definition) is 2. The zero-order valence-corrected chi connectivity index (χ0v) is 13.1. The highest BCUT2D eigenvalue weighted by atomic mass is 19.1. The molecule has 2 unspecified atom stereocenters. The van der Waals surface area contributed by atoms with Crippen LogP contribution in [0.15, 0.2) is 30.5 Å². The number of H-pyrrole nitrogens is 1. The Balaban J connectivity index is 1.35. The van der Waals surface area contributed by atoms with Crippen LogP contribution >= 0.6 is 0 Å². The van der Waals surface area contributed by atoms with E-state index in [2.05, 4.69) is 34.7 Å². The Bertz CT molecular complexity index is 705. The lowest BCUT2D eigenvalue weighted by molar-refractivity contribution is -0.120. The molecule has 1 saturated heterocycles. The van der Waals surface area contributed by atoms with Crippen LogP contribution in [0.25, 0.3) is 10.9 Å². The lowest BCUT2D eigenvalue weighted by atomic mass is 9.93. The first kappa shape index (κ1) is 14.7. The number of nitrogens with zero attached hydrogens (tertiary/aromatic N) is 1. The molecule has 0 spiro atoms. The van der Waals surface area contributed by atoms with Gasteiger partial charge in [0, 0.05) is 61.5 Å². The van der Waals surface area contributed by atoms with Crippen molar-refractivity contribution in [1.29, 1.82) is 0 Å². The maximum atomic E-state index is 14.8. The van der Waals surface area contributed by atoms with Crippen LogP contribution in [0.5, 0.6) is 0 Å². The number of hydrogen-bond donors (Lipinski definition) is 2. The topological polar surface area (TPSA) is 48.1 Å². The summed E-state index contributed by atoms with van der Waals surface area (Å²) >= 11 is 0. The SMILES string of the molecule is O=CN1CCC(F)(CNC2CC2c2c[nH]c3ccccc23)CC1. The molecule has 5 heteroatoms. The molecule has 0 bridgehead atoms. The summed E-state index contributed by atoms with van der Waals surface area (Å²) in [6.45, 7) is 1.44. The largest absolute Gasteiger partial charge is 0.361 e. The maximum Gasteiger partial charge on any atom is 0.209 e. The Morgan fingerprint density at radius 3 is 2.91 bits per heavy atom. The lowest BCUT2D eigenvalue weighted by Crippen LogP contribution is -2.47. The molecular weight excluding hydrogens is 293 g/mol. The number of aromatic amines is 1. The monoisotopic (exact) mass is 315 g/mol. The molecule has 23 heavy (non-hydrogen) atoms. The van der Waals surface area contributed by atoms with Crippen molar-refractivity contribution < 1.29 is 9.18 Å². The fourth-order valence-corrected chi connectivity index (χ4v) is 3.69. The summed E-state index contributed by atoms with van der Waals surface area (Å²) < 4.78 is 14.8. The van der Waals surface area contributed by atoms with Crippen LogP contribution in [0.1, 0.15) is 30.7 Å². The average Bonchev–Trinajstić information content (AvgIpc) is 3.23. The van der Waals surface area contributed by atoms with Crippen LogP contribution in [0.2, 0.25) is 0 Å². The van der Waals surface area contributed by atoms with E-state index in [9.17, 15) is 9.18 Å². The van der Waals surface area contributed by atoms with E-state index in [0.29, 0.717) is 44.4 Å². The number of carbonyl (C=O) groups is 1. The van der Waals surface area contributed by atoms with Crippen molar-refractivity contribution in [3.8, 4) is 0 Å². The van der Waals surface area contributed by atoms with Crippen LogP contribution in [0.4, 0.5) is 4.39 Å². The second-order valence-electron chi connectivity index (χ2n) is 6.91. The Hall–Kier alpha value is -1.88. The summed E-state index contributed by atoms with van der Waals surface area (Å²) in [4.78, 5) is 15.7. The van der Waals surface area contributed by atoms with Gasteiger partial charge in [0.1, 0.15) is 5.67 Å². The van der Waals surface area contributed by atoms with Gasteiger partial charge >= 0.3 is 0 Å². The molecule has 1 aromatic carbocycles. The molecule has 2 atom stereocenters. The van der Waals surface area contributed by atoms with E-state index in [4.69, 9.17) is 0 Å². The molecule has 0 radical (unpaired) electrons.